The lowest BCUT2D eigenvalue weighted by molar-refractivity contribution is -0.131. The van der Waals surface area contributed by atoms with E-state index in [0.29, 0.717) is 19.4 Å². The summed E-state index contributed by atoms with van der Waals surface area (Å²) in [4.78, 5) is 25.8. The number of benzene rings is 1. The molecule has 102 valence electrons. The van der Waals surface area contributed by atoms with Crippen molar-refractivity contribution in [2.75, 3.05) is 13.1 Å². The number of ketones is 1. The molecule has 0 atom stereocenters. The molecule has 1 heterocycles. The van der Waals surface area contributed by atoms with Crippen molar-refractivity contribution in [3.8, 4) is 0 Å². The Morgan fingerprint density at radius 1 is 1.05 bits per heavy atom. The Kier molecular flexibility index (Phi) is 5.13. The highest BCUT2D eigenvalue weighted by molar-refractivity contribution is 5.96. The SMILES string of the molecule is O=C(CCN1CCCCCCC1=O)c1ccccc1. The fourth-order valence-corrected chi connectivity index (χ4v) is 2.46. The maximum absolute atomic E-state index is 12.0. The molecule has 1 aromatic carbocycles. The molecule has 1 amide bonds. The lowest BCUT2D eigenvalue weighted by atomic mass is 10.1. The summed E-state index contributed by atoms with van der Waals surface area (Å²) in [5.74, 6) is 0.330. The van der Waals surface area contributed by atoms with E-state index in [-0.39, 0.29) is 11.7 Å². The van der Waals surface area contributed by atoms with Crippen LogP contribution in [-0.4, -0.2) is 29.7 Å². The van der Waals surface area contributed by atoms with E-state index in [1.165, 1.54) is 6.42 Å². The first-order chi connectivity index (χ1) is 9.27. The van der Waals surface area contributed by atoms with Crippen LogP contribution >= 0.6 is 0 Å². The standard InChI is InChI=1S/C16H21NO2/c18-15(14-8-4-3-5-9-14)11-13-17-12-7-2-1-6-10-16(17)19/h3-5,8-9H,1-2,6-7,10-13H2. The van der Waals surface area contributed by atoms with Crippen LogP contribution in [0.4, 0.5) is 0 Å². The quantitative estimate of drug-likeness (QED) is 0.779. The number of rotatable bonds is 4. The van der Waals surface area contributed by atoms with Crippen molar-refractivity contribution in [2.24, 2.45) is 0 Å². The van der Waals surface area contributed by atoms with Gasteiger partial charge in [-0.15, -0.1) is 0 Å². The van der Waals surface area contributed by atoms with E-state index in [4.69, 9.17) is 0 Å². The van der Waals surface area contributed by atoms with Crippen LogP contribution in [0.1, 0.15) is 48.9 Å². The molecule has 0 unspecified atom stereocenters. The van der Waals surface area contributed by atoms with Gasteiger partial charge in [0.15, 0.2) is 5.78 Å². The molecule has 0 radical (unpaired) electrons. The minimum absolute atomic E-state index is 0.121. The molecular formula is C16H21NO2. The molecule has 2 rings (SSSR count). The number of hydrogen-bond donors (Lipinski definition) is 0. The summed E-state index contributed by atoms with van der Waals surface area (Å²) >= 11 is 0. The molecule has 0 aromatic heterocycles. The molecule has 1 fully saturated rings. The highest BCUT2D eigenvalue weighted by Gasteiger charge is 2.16. The van der Waals surface area contributed by atoms with Crippen LogP contribution in [-0.2, 0) is 4.79 Å². The van der Waals surface area contributed by atoms with Gasteiger partial charge in [0.1, 0.15) is 0 Å². The predicted octanol–water partition coefficient (Wildman–Crippen LogP) is 3.05. The molecule has 0 aliphatic carbocycles. The number of nitrogens with zero attached hydrogens (tertiary/aromatic N) is 1. The number of carbonyl (C=O) groups excluding carboxylic acids is 2. The van der Waals surface area contributed by atoms with E-state index in [1.54, 1.807) is 0 Å². The predicted molar refractivity (Wildman–Crippen MR) is 75.1 cm³/mol. The van der Waals surface area contributed by atoms with Crippen LogP contribution in [0.3, 0.4) is 0 Å². The van der Waals surface area contributed by atoms with Crippen molar-refractivity contribution in [1.29, 1.82) is 0 Å². The smallest absolute Gasteiger partial charge is 0.222 e. The van der Waals surface area contributed by atoms with Gasteiger partial charge < -0.3 is 4.90 Å². The van der Waals surface area contributed by atoms with Crippen LogP contribution < -0.4 is 0 Å². The molecule has 1 saturated heterocycles. The second-order valence-electron chi connectivity index (χ2n) is 5.08. The fraction of sp³-hybridized carbons (Fsp3) is 0.500. The third-order valence-electron chi connectivity index (χ3n) is 3.63. The number of likely N-dealkylation sites (tertiary alicyclic amines) is 1. The first-order valence-electron chi connectivity index (χ1n) is 7.13. The van der Waals surface area contributed by atoms with Crippen molar-refractivity contribution < 1.29 is 9.59 Å². The summed E-state index contributed by atoms with van der Waals surface area (Å²) < 4.78 is 0. The van der Waals surface area contributed by atoms with Gasteiger partial charge in [0, 0.05) is 31.5 Å². The molecule has 3 nitrogen and oxygen atoms in total. The van der Waals surface area contributed by atoms with Gasteiger partial charge in [0.05, 0.1) is 0 Å². The summed E-state index contributed by atoms with van der Waals surface area (Å²) in [7, 11) is 0. The Bertz CT molecular complexity index is 428. The van der Waals surface area contributed by atoms with E-state index < -0.39 is 0 Å². The highest BCUT2D eigenvalue weighted by Crippen LogP contribution is 2.13. The maximum atomic E-state index is 12.0. The third kappa shape index (κ3) is 4.19. The van der Waals surface area contributed by atoms with Gasteiger partial charge in [-0.05, 0) is 12.8 Å². The average Bonchev–Trinajstić information content (AvgIpc) is 2.43. The Balaban J connectivity index is 1.86. The Hall–Kier alpha value is -1.64. The minimum Gasteiger partial charge on any atom is -0.342 e. The third-order valence-corrected chi connectivity index (χ3v) is 3.63. The van der Waals surface area contributed by atoms with E-state index in [1.807, 2.05) is 35.2 Å². The lowest BCUT2D eigenvalue weighted by Gasteiger charge is -2.24. The first kappa shape index (κ1) is 13.8. The number of carbonyl (C=O) groups is 2. The Morgan fingerprint density at radius 2 is 1.79 bits per heavy atom. The van der Waals surface area contributed by atoms with Crippen LogP contribution in [0.15, 0.2) is 30.3 Å². The zero-order valence-electron chi connectivity index (χ0n) is 11.3. The van der Waals surface area contributed by atoms with Gasteiger partial charge in [0.25, 0.3) is 0 Å². The van der Waals surface area contributed by atoms with Crippen molar-refractivity contribution in [3.05, 3.63) is 35.9 Å². The molecule has 3 heteroatoms. The fourth-order valence-electron chi connectivity index (χ4n) is 2.46. The molecular weight excluding hydrogens is 238 g/mol. The monoisotopic (exact) mass is 259 g/mol. The van der Waals surface area contributed by atoms with Crippen molar-refractivity contribution in [1.82, 2.24) is 4.90 Å². The van der Waals surface area contributed by atoms with Gasteiger partial charge in [-0.3, -0.25) is 9.59 Å². The highest BCUT2D eigenvalue weighted by atomic mass is 16.2. The molecule has 1 aliphatic heterocycles. The minimum atomic E-state index is 0.121. The van der Waals surface area contributed by atoms with Crippen molar-refractivity contribution >= 4 is 11.7 Å². The van der Waals surface area contributed by atoms with Crippen LogP contribution in [0.25, 0.3) is 0 Å². The normalized spacial score (nSPS) is 16.8. The number of amides is 1. The molecule has 0 spiro atoms. The van der Waals surface area contributed by atoms with Crippen LogP contribution in [0, 0.1) is 0 Å². The topological polar surface area (TPSA) is 37.4 Å². The Morgan fingerprint density at radius 3 is 2.58 bits per heavy atom. The molecule has 1 aromatic rings. The van der Waals surface area contributed by atoms with Gasteiger partial charge in [-0.2, -0.15) is 0 Å². The van der Waals surface area contributed by atoms with E-state index in [0.717, 1.165) is 31.4 Å². The van der Waals surface area contributed by atoms with E-state index in [9.17, 15) is 9.59 Å². The Labute approximate surface area is 114 Å². The summed E-state index contributed by atoms with van der Waals surface area (Å²) in [6, 6.07) is 9.30. The van der Waals surface area contributed by atoms with Gasteiger partial charge >= 0.3 is 0 Å². The molecule has 1 aliphatic rings. The van der Waals surface area contributed by atoms with Crippen LogP contribution in [0.5, 0.6) is 0 Å². The number of Topliss-reactive ketones (excluding diaryl/α,β-unsaturated/α-hetero) is 1. The zero-order chi connectivity index (χ0) is 13.5. The van der Waals surface area contributed by atoms with Crippen molar-refractivity contribution in [2.45, 2.75) is 38.5 Å². The molecule has 0 bridgehead atoms. The van der Waals surface area contributed by atoms with E-state index >= 15 is 0 Å². The molecule has 0 saturated carbocycles. The summed E-state index contributed by atoms with van der Waals surface area (Å²) in [5.41, 5.74) is 0.738. The molecule has 19 heavy (non-hydrogen) atoms. The number of hydrogen-bond acceptors (Lipinski definition) is 2. The first-order valence-corrected chi connectivity index (χ1v) is 7.13. The van der Waals surface area contributed by atoms with Gasteiger partial charge in [0.2, 0.25) is 5.91 Å². The summed E-state index contributed by atoms with van der Waals surface area (Å²) in [6.45, 7) is 1.37. The zero-order valence-corrected chi connectivity index (χ0v) is 11.3. The lowest BCUT2D eigenvalue weighted by Crippen LogP contribution is -2.34. The second kappa shape index (κ2) is 7.07. The van der Waals surface area contributed by atoms with Crippen LogP contribution in [0.2, 0.25) is 0 Å². The average molecular weight is 259 g/mol. The summed E-state index contributed by atoms with van der Waals surface area (Å²) in [5, 5.41) is 0. The summed E-state index contributed by atoms with van der Waals surface area (Å²) in [6.07, 6.45) is 5.46. The molecule has 0 N–H and O–H groups in total. The van der Waals surface area contributed by atoms with Gasteiger partial charge in [-0.25, -0.2) is 0 Å². The maximum Gasteiger partial charge on any atom is 0.222 e. The van der Waals surface area contributed by atoms with E-state index in [2.05, 4.69) is 0 Å². The van der Waals surface area contributed by atoms with Gasteiger partial charge in [-0.1, -0.05) is 43.2 Å². The van der Waals surface area contributed by atoms with Crippen molar-refractivity contribution in [3.63, 3.8) is 0 Å². The second-order valence-corrected chi connectivity index (χ2v) is 5.08. The largest absolute Gasteiger partial charge is 0.342 e.